The van der Waals surface area contributed by atoms with Crippen molar-refractivity contribution in [1.29, 1.82) is 0 Å². The molecule has 3 aromatic rings. The van der Waals surface area contributed by atoms with E-state index in [1.165, 1.54) is 27.9 Å². The van der Waals surface area contributed by atoms with E-state index < -0.39 is 0 Å². The molecule has 2 heterocycles. The second-order valence-corrected chi connectivity index (χ2v) is 7.78. The molecular weight excluding hydrogens is 282 g/mol. The van der Waals surface area contributed by atoms with Crippen molar-refractivity contribution in [3.8, 4) is 5.82 Å². The highest BCUT2D eigenvalue weighted by Crippen LogP contribution is 2.70. The lowest BCUT2D eigenvalue weighted by Crippen LogP contribution is -2.08. The van der Waals surface area contributed by atoms with Crippen LogP contribution in [0.4, 0.5) is 0 Å². The maximum atomic E-state index is 4.87. The highest BCUT2D eigenvalue weighted by Gasteiger charge is 2.63. The third-order valence-corrected chi connectivity index (χ3v) is 6.11. The van der Waals surface area contributed by atoms with Crippen molar-refractivity contribution < 1.29 is 0 Å². The summed E-state index contributed by atoms with van der Waals surface area (Å²) in [5.41, 5.74) is 6.83. The number of aromatic nitrogens is 3. The van der Waals surface area contributed by atoms with Gasteiger partial charge in [0.05, 0.1) is 16.9 Å². The molecule has 2 aliphatic carbocycles. The van der Waals surface area contributed by atoms with Crippen LogP contribution < -0.4 is 0 Å². The fourth-order valence-corrected chi connectivity index (χ4v) is 4.72. The minimum atomic E-state index is 0.457. The van der Waals surface area contributed by atoms with Gasteiger partial charge >= 0.3 is 0 Å². The van der Waals surface area contributed by atoms with E-state index in [0.29, 0.717) is 11.3 Å². The van der Waals surface area contributed by atoms with E-state index in [1.807, 2.05) is 0 Å². The Hall–Kier alpha value is -2.16. The van der Waals surface area contributed by atoms with Gasteiger partial charge in [0.15, 0.2) is 5.82 Å². The first-order valence-corrected chi connectivity index (χ1v) is 8.43. The molecule has 0 bridgehead atoms. The van der Waals surface area contributed by atoms with Crippen molar-refractivity contribution in [3.05, 3.63) is 52.8 Å². The molecule has 116 valence electrons. The molecule has 0 aliphatic heterocycles. The average molecular weight is 303 g/mol. The first-order valence-electron chi connectivity index (χ1n) is 8.43. The Morgan fingerprint density at radius 1 is 1.17 bits per heavy atom. The van der Waals surface area contributed by atoms with Gasteiger partial charge in [-0.1, -0.05) is 32.0 Å². The number of fused-ring (bicyclic) bond motifs is 4. The average Bonchev–Trinajstić information content (AvgIpc) is 2.87. The van der Waals surface area contributed by atoms with Crippen LogP contribution in [0.15, 0.2) is 30.3 Å². The number of rotatable bonds is 1. The van der Waals surface area contributed by atoms with Crippen LogP contribution >= 0.6 is 0 Å². The van der Waals surface area contributed by atoms with Gasteiger partial charge in [-0.05, 0) is 55.2 Å². The van der Waals surface area contributed by atoms with Crippen LogP contribution in [0.25, 0.3) is 16.7 Å². The summed E-state index contributed by atoms with van der Waals surface area (Å²) in [5, 5.41) is 6.07. The summed E-state index contributed by atoms with van der Waals surface area (Å²) < 4.78 is 2.10. The van der Waals surface area contributed by atoms with Gasteiger partial charge in [0.2, 0.25) is 0 Å². The molecule has 2 atom stereocenters. The molecular formula is C20H21N3. The SMILES string of the molecule is Cc1nn(-c2cc(C)c3ccccc3n2)c2c1[C@@H]1[C@@H](C2)C1(C)C. The van der Waals surface area contributed by atoms with Crippen LogP contribution in [0.2, 0.25) is 0 Å². The zero-order valence-electron chi connectivity index (χ0n) is 14.1. The first-order chi connectivity index (χ1) is 11.0. The summed E-state index contributed by atoms with van der Waals surface area (Å²) in [6.45, 7) is 9.09. The van der Waals surface area contributed by atoms with Gasteiger partial charge in [-0.2, -0.15) is 5.10 Å². The van der Waals surface area contributed by atoms with Crippen molar-refractivity contribution in [3.63, 3.8) is 0 Å². The minimum Gasteiger partial charge on any atom is -0.229 e. The zero-order chi connectivity index (χ0) is 15.9. The smallest absolute Gasteiger partial charge is 0.154 e. The summed E-state index contributed by atoms with van der Waals surface area (Å²) in [4.78, 5) is 4.87. The van der Waals surface area contributed by atoms with Gasteiger partial charge < -0.3 is 0 Å². The molecule has 1 fully saturated rings. The van der Waals surface area contributed by atoms with Crippen LogP contribution in [-0.4, -0.2) is 14.8 Å². The van der Waals surface area contributed by atoms with Gasteiger partial charge in [0.1, 0.15) is 0 Å². The maximum absolute atomic E-state index is 4.87. The Balaban J connectivity index is 1.70. The molecule has 3 heteroatoms. The van der Waals surface area contributed by atoms with Crippen LogP contribution in [0.3, 0.4) is 0 Å². The van der Waals surface area contributed by atoms with Crippen molar-refractivity contribution in [1.82, 2.24) is 14.8 Å². The monoisotopic (exact) mass is 303 g/mol. The summed E-state index contributed by atoms with van der Waals surface area (Å²) in [7, 11) is 0. The van der Waals surface area contributed by atoms with E-state index >= 15 is 0 Å². The number of para-hydroxylation sites is 1. The number of aryl methyl sites for hydroxylation is 2. The Labute approximate surface area is 136 Å². The molecule has 2 aliphatic rings. The fraction of sp³-hybridized carbons (Fsp3) is 0.400. The van der Waals surface area contributed by atoms with Crippen molar-refractivity contribution >= 4 is 10.9 Å². The quantitative estimate of drug-likeness (QED) is 0.670. The standard InChI is InChI=1S/C20H21N3/c1-11-9-17(21-15-8-6-5-7-13(11)15)23-16-10-14-19(20(14,3)4)18(16)12(2)22-23/h5-9,14,19H,10H2,1-4H3/t14-,19+/m1/s1. The highest BCUT2D eigenvalue weighted by atomic mass is 15.3. The van der Waals surface area contributed by atoms with Gasteiger partial charge in [0, 0.05) is 10.9 Å². The van der Waals surface area contributed by atoms with Gasteiger partial charge in [0.25, 0.3) is 0 Å². The number of benzene rings is 1. The second-order valence-electron chi connectivity index (χ2n) is 7.78. The zero-order valence-corrected chi connectivity index (χ0v) is 14.1. The highest BCUT2D eigenvalue weighted by molar-refractivity contribution is 5.82. The molecule has 2 aromatic heterocycles. The first kappa shape index (κ1) is 13.3. The predicted octanol–water partition coefficient (Wildman–Crippen LogP) is 4.33. The van der Waals surface area contributed by atoms with E-state index in [2.05, 4.69) is 62.7 Å². The molecule has 0 spiro atoms. The fourth-order valence-electron chi connectivity index (χ4n) is 4.72. The summed E-state index contributed by atoms with van der Waals surface area (Å²) >= 11 is 0. The van der Waals surface area contributed by atoms with Crippen LogP contribution in [-0.2, 0) is 6.42 Å². The normalized spacial score (nSPS) is 23.8. The van der Waals surface area contributed by atoms with Crippen LogP contribution in [0.1, 0.15) is 42.3 Å². The third-order valence-electron chi connectivity index (χ3n) is 6.11. The molecule has 23 heavy (non-hydrogen) atoms. The van der Waals surface area contributed by atoms with E-state index in [1.54, 1.807) is 0 Å². The lowest BCUT2D eigenvalue weighted by molar-refractivity contribution is 0.532. The lowest BCUT2D eigenvalue weighted by atomic mass is 9.98. The Morgan fingerprint density at radius 3 is 2.78 bits per heavy atom. The van der Waals surface area contributed by atoms with Crippen LogP contribution in [0.5, 0.6) is 0 Å². The molecule has 3 nitrogen and oxygen atoms in total. The number of pyridine rings is 1. The Morgan fingerprint density at radius 2 is 1.96 bits per heavy atom. The molecule has 0 saturated heterocycles. The Bertz CT molecular complexity index is 964. The van der Waals surface area contributed by atoms with E-state index in [0.717, 1.165) is 23.7 Å². The van der Waals surface area contributed by atoms with Crippen LogP contribution in [0, 0.1) is 25.2 Å². The van der Waals surface area contributed by atoms with Crippen molar-refractivity contribution in [2.24, 2.45) is 11.3 Å². The predicted molar refractivity (Wildman–Crippen MR) is 92.1 cm³/mol. The summed E-state index contributed by atoms with van der Waals surface area (Å²) in [6, 6.07) is 10.5. The Kier molecular flexibility index (Phi) is 2.33. The molecule has 1 saturated carbocycles. The van der Waals surface area contributed by atoms with E-state index in [9.17, 15) is 0 Å². The number of hydrogen-bond acceptors (Lipinski definition) is 2. The van der Waals surface area contributed by atoms with E-state index in [-0.39, 0.29) is 0 Å². The van der Waals surface area contributed by atoms with Crippen molar-refractivity contribution in [2.75, 3.05) is 0 Å². The summed E-state index contributed by atoms with van der Waals surface area (Å²) in [5.74, 6) is 2.46. The molecule has 0 N–H and O–H groups in total. The van der Waals surface area contributed by atoms with Crippen molar-refractivity contribution in [2.45, 2.75) is 40.0 Å². The lowest BCUT2D eigenvalue weighted by Gasteiger charge is -2.12. The molecule has 0 radical (unpaired) electrons. The largest absolute Gasteiger partial charge is 0.229 e. The van der Waals surface area contributed by atoms with E-state index in [4.69, 9.17) is 10.1 Å². The maximum Gasteiger partial charge on any atom is 0.154 e. The molecule has 0 unspecified atom stereocenters. The second kappa shape index (κ2) is 4.02. The molecule has 1 aromatic carbocycles. The topological polar surface area (TPSA) is 30.7 Å². The summed E-state index contributed by atoms with van der Waals surface area (Å²) in [6.07, 6.45) is 1.14. The molecule has 0 amide bonds. The number of nitrogens with zero attached hydrogens (tertiary/aromatic N) is 3. The number of hydrogen-bond donors (Lipinski definition) is 0. The van der Waals surface area contributed by atoms with Gasteiger partial charge in [-0.25, -0.2) is 9.67 Å². The van der Waals surface area contributed by atoms with Gasteiger partial charge in [-0.15, -0.1) is 0 Å². The third kappa shape index (κ3) is 1.60. The minimum absolute atomic E-state index is 0.457. The molecule has 5 rings (SSSR count). The van der Waals surface area contributed by atoms with Gasteiger partial charge in [-0.3, -0.25) is 0 Å².